The number of alkyl halides is 3. The van der Waals surface area contributed by atoms with E-state index in [2.05, 4.69) is 16.7 Å². The van der Waals surface area contributed by atoms with Gasteiger partial charge in [-0.25, -0.2) is 9.07 Å². The van der Waals surface area contributed by atoms with E-state index >= 15 is 0 Å². The van der Waals surface area contributed by atoms with Crippen molar-refractivity contribution in [3.8, 4) is 5.69 Å². The van der Waals surface area contributed by atoms with Gasteiger partial charge in [0.05, 0.1) is 17.4 Å². The van der Waals surface area contributed by atoms with Gasteiger partial charge in [0.2, 0.25) is 5.60 Å². The third-order valence-corrected chi connectivity index (χ3v) is 5.29. The van der Waals surface area contributed by atoms with Gasteiger partial charge in [-0.05, 0) is 42.0 Å². The summed E-state index contributed by atoms with van der Waals surface area (Å²) in [7, 11) is 0. The summed E-state index contributed by atoms with van der Waals surface area (Å²) in [5.41, 5.74) is -1.69. The number of hydrogen-bond acceptors (Lipinski definition) is 4. The van der Waals surface area contributed by atoms with Gasteiger partial charge in [0.25, 0.3) is 0 Å². The number of aromatic amines is 1. The highest BCUT2D eigenvalue weighted by molar-refractivity contribution is 5.82. The Balaban J connectivity index is 1.89. The van der Waals surface area contributed by atoms with E-state index < -0.39 is 28.7 Å². The minimum Gasteiger partial charge on any atom is -0.372 e. The maximum Gasteiger partial charge on any atom is 0.425 e. The number of hydrogen-bond donors (Lipinski definition) is 4. The molecule has 6 nitrogen and oxygen atoms in total. The maximum atomic E-state index is 14.4. The molecule has 0 aliphatic carbocycles. The van der Waals surface area contributed by atoms with E-state index in [1.54, 1.807) is 5.48 Å². The van der Waals surface area contributed by atoms with E-state index in [9.17, 15) is 27.9 Å². The number of fused-ring (bicyclic) bond motifs is 1. The molecule has 33 heavy (non-hydrogen) atoms. The molecule has 1 atom stereocenters. The number of nitrogens with one attached hydrogen (secondary N) is 2. The van der Waals surface area contributed by atoms with Gasteiger partial charge in [-0.1, -0.05) is 30.9 Å². The van der Waals surface area contributed by atoms with Gasteiger partial charge in [0, 0.05) is 22.7 Å². The number of allylic oxidation sites excluding steroid dienone is 2. The maximum absolute atomic E-state index is 14.4. The molecule has 0 aliphatic rings. The molecule has 1 unspecified atom stereocenters. The van der Waals surface area contributed by atoms with Crippen LogP contribution in [0.3, 0.4) is 0 Å². The van der Waals surface area contributed by atoms with Gasteiger partial charge in [-0.2, -0.15) is 18.3 Å². The summed E-state index contributed by atoms with van der Waals surface area (Å²) in [5.74, 6) is -0.562. The summed E-state index contributed by atoms with van der Waals surface area (Å²) in [5, 5.41) is 24.9. The minimum absolute atomic E-state index is 0.0978. The SMILES string of the molecule is C=C/C=C\c1c(C(O)(c2ccc3c(cnn3-c3ccc(F)cc3)c2)C(F)(F)F)c[nH]c1NO. The molecule has 0 bridgehead atoms. The minimum atomic E-state index is -5.11. The molecule has 0 spiro atoms. The zero-order chi connectivity index (χ0) is 23.8. The average molecular weight is 458 g/mol. The van der Waals surface area contributed by atoms with Crippen LogP contribution in [0.1, 0.15) is 16.7 Å². The molecule has 0 saturated heterocycles. The van der Waals surface area contributed by atoms with Crippen LogP contribution in [0, 0.1) is 5.82 Å². The van der Waals surface area contributed by atoms with Gasteiger partial charge in [0.15, 0.2) is 0 Å². The first-order chi connectivity index (χ1) is 15.7. The zero-order valence-electron chi connectivity index (χ0n) is 16.9. The van der Waals surface area contributed by atoms with Gasteiger partial charge in [-0.15, -0.1) is 0 Å². The summed E-state index contributed by atoms with van der Waals surface area (Å²) < 4.78 is 57.7. The number of halogens is 4. The van der Waals surface area contributed by atoms with Crippen LogP contribution in [0.4, 0.5) is 23.4 Å². The monoisotopic (exact) mass is 458 g/mol. The van der Waals surface area contributed by atoms with Crippen molar-refractivity contribution in [3.63, 3.8) is 0 Å². The average Bonchev–Trinajstić information content (AvgIpc) is 3.40. The molecule has 2 heterocycles. The Labute approximate surface area is 185 Å². The third-order valence-electron chi connectivity index (χ3n) is 5.29. The molecule has 2 aromatic heterocycles. The molecular weight excluding hydrogens is 440 g/mol. The van der Waals surface area contributed by atoms with Crippen molar-refractivity contribution in [3.05, 3.63) is 96.1 Å². The van der Waals surface area contributed by atoms with Crippen molar-refractivity contribution in [2.24, 2.45) is 0 Å². The van der Waals surface area contributed by atoms with Crippen LogP contribution in [0.2, 0.25) is 0 Å². The molecule has 2 aromatic carbocycles. The molecule has 4 rings (SSSR count). The summed E-state index contributed by atoms with van der Waals surface area (Å²) in [6, 6.07) is 9.21. The van der Waals surface area contributed by atoms with Crippen molar-refractivity contribution in [1.82, 2.24) is 14.8 Å². The number of benzene rings is 2. The molecule has 0 saturated carbocycles. The molecule has 4 N–H and O–H groups in total. The van der Waals surface area contributed by atoms with E-state index in [1.807, 2.05) is 0 Å². The molecule has 10 heteroatoms. The second-order valence-corrected chi connectivity index (χ2v) is 7.21. The Morgan fingerprint density at radius 1 is 1.12 bits per heavy atom. The largest absolute Gasteiger partial charge is 0.425 e. The van der Waals surface area contributed by atoms with Crippen LogP contribution in [0.25, 0.3) is 22.7 Å². The highest BCUT2D eigenvalue weighted by Crippen LogP contribution is 2.47. The number of rotatable bonds is 6. The summed E-state index contributed by atoms with van der Waals surface area (Å²) in [6.45, 7) is 3.49. The van der Waals surface area contributed by atoms with Gasteiger partial charge in [-0.3, -0.25) is 10.7 Å². The highest BCUT2D eigenvalue weighted by atomic mass is 19.4. The Hall–Kier alpha value is -3.89. The topological polar surface area (TPSA) is 86.1 Å². The lowest BCUT2D eigenvalue weighted by atomic mass is 9.84. The lowest BCUT2D eigenvalue weighted by Gasteiger charge is -2.31. The number of H-pyrrole nitrogens is 1. The second kappa shape index (κ2) is 8.23. The Bertz CT molecular complexity index is 1340. The molecule has 0 radical (unpaired) electrons. The van der Waals surface area contributed by atoms with Crippen molar-refractivity contribution in [2.45, 2.75) is 11.8 Å². The fourth-order valence-electron chi connectivity index (χ4n) is 3.68. The van der Waals surface area contributed by atoms with E-state index in [-0.39, 0.29) is 11.4 Å². The molecule has 0 fully saturated rings. The van der Waals surface area contributed by atoms with E-state index in [1.165, 1.54) is 65.5 Å². The van der Waals surface area contributed by atoms with E-state index in [4.69, 9.17) is 0 Å². The smallest absolute Gasteiger partial charge is 0.372 e. The van der Waals surface area contributed by atoms with Crippen molar-refractivity contribution in [1.29, 1.82) is 0 Å². The number of nitrogens with zero attached hydrogens (tertiary/aromatic N) is 2. The zero-order valence-corrected chi connectivity index (χ0v) is 16.9. The highest BCUT2D eigenvalue weighted by Gasteiger charge is 2.57. The fraction of sp³-hybridized carbons (Fsp3) is 0.0870. The molecule has 170 valence electrons. The Kier molecular flexibility index (Phi) is 5.56. The Morgan fingerprint density at radius 3 is 2.48 bits per heavy atom. The van der Waals surface area contributed by atoms with Crippen LogP contribution < -0.4 is 5.48 Å². The van der Waals surface area contributed by atoms with Crippen molar-refractivity contribution < 1.29 is 27.9 Å². The van der Waals surface area contributed by atoms with Crippen LogP contribution in [-0.2, 0) is 5.60 Å². The first-order valence-corrected chi connectivity index (χ1v) is 9.65. The van der Waals surface area contributed by atoms with Gasteiger partial charge >= 0.3 is 6.18 Å². The van der Waals surface area contributed by atoms with Crippen LogP contribution in [-0.4, -0.2) is 31.3 Å². The van der Waals surface area contributed by atoms with Gasteiger partial charge in [0.1, 0.15) is 11.6 Å². The number of aromatic nitrogens is 3. The summed E-state index contributed by atoms with van der Waals surface area (Å²) >= 11 is 0. The standard InChI is InChI=1S/C23H18F4N4O2/c1-2-3-4-18-19(13-28-21(18)30-33)22(32,23(25,26)27)15-5-10-20-14(11-15)12-29-31(20)17-8-6-16(24)7-9-17/h2-13,28,30,32-33H,1H2/b4-3-. The predicted molar refractivity (Wildman–Crippen MR) is 116 cm³/mol. The van der Waals surface area contributed by atoms with Crippen molar-refractivity contribution >= 4 is 22.8 Å². The van der Waals surface area contributed by atoms with Crippen molar-refractivity contribution in [2.75, 3.05) is 5.48 Å². The van der Waals surface area contributed by atoms with Gasteiger partial charge < -0.3 is 10.1 Å². The predicted octanol–water partition coefficient (Wildman–Crippen LogP) is 5.29. The second-order valence-electron chi connectivity index (χ2n) is 7.21. The van der Waals surface area contributed by atoms with E-state index in [0.717, 1.165) is 12.3 Å². The molecule has 4 aromatic rings. The normalized spacial score (nSPS) is 14.0. The lowest BCUT2D eigenvalue weighted by Crippen LogP contribution is -2.43. The Morgan fingerprint density at radius 2 is 1.85 bits per heavy atom. The van der Waals surface area contributed by atoms with Crippen LogP contribution in [0.5, 0.6) is 0 Å². The fourth-order valence-corrected chi connectivity index (χ4v) is 3.68. The molecule has 0 aliphatic heterocycles. The number of aliphatic hydroxyl groups is 1. The third kappa shape index (κ3) is 3.69. The van der Waals surface area contributed by atoms with E-state index in [0.29, 0.717) is 16.6 Å². The molecule has 0 amide bonds. The number of anilines is 1. The van der Waals surface area contributed by atoms with Crippen LogP contribution in [0.15, 0.2) is 73.6 Å². The molecular formula is C23H18F4N4O2. The summed E-state index contributed by atoms with van der Waals surface area (Å²) in [6.07, 6.45) is 1.22. The lowest BCUT2D eigenvalue weighted by molar-refractivity contribution is -0.248. The first kappa shape index (κ1) is 22.3. The first-order valence-electron chi connectivity index (χ1n) is 9.65. The quantitative estimate of drug-likeness (QED) is 0.180. The summed E-state index contributed by atoms with van der Waals surface area (Å²) in [4.78, 5) is 2.49. The van der Waals surface area contributed by atoms with Crippen LogP contribution >= 0.6 is 0 Å².